The highest BCUT2D eigenvalue weighted by Crippen LogP contribution is 2.12. The lowest BCUT2D eigenvalue weighted by Crippen LogP contribution is -1.99. The highest BCUT2D eigenvalue weighted by atomic mass is 16.5. The molecule has 0 aromatic heterocycles. The molecule has 1 aromatic carbocycles. The molecule has 3 nitrogen and oxygen atoms in total. The molecule has 0 fully saturated rings. The molecule has 0 aliphatic carbocycles. The molecule has 0 atom stereocenters. The number of carbonyl (C=O) groups is 2. The van der Waals surface area contributed by atoms with E-state index in [2.05, 4.69) is 11.7 Å². The molecule has 0 aliphatic rings. The lowest BCUT2D eigenvalue weighted by Gasteiger charge is -2.02. The van der Waals surface area contributed by atoms with Crippen molar-refractivity contribution in [3.8, 4) is 0 Å². The van der Waals surface area contributed by atoms with Crippen LogP contribution in [-0.4, -0.2) is 18.9 Å². The van der Waals surface area contributed by atoms with Crippen LogP contribution in [0.5, 0.6) is 0 Å². The maximum atomic E-state index is 12.1. The summed E-state index contributed by atoms with van der Waals surface area (Å²) in [6, 6.07) is 7.72. The third-order valence-electron chi connectivity index (χ3n) is 3.51. The number of hydrogen-bond acceptors (Lipinski definition) is 3. The summed E-state index contributed by atoms with van der Waals surface area (Å²) in [4.78, 5) is 23.1. The van der Waals surface area contributed by atoms with Gasteiger partial charge in [0.2, 0.25) is 0 Å². The molecule has 22 heavy (non-hydrogen) atoms. The minimum Gasteiger partial charge on any atom is -0.469 e. The van der Waals surface area contributed by atoms with Gasteiger partial charge in [-0.1, -0.05) is 50.1 Å². The minimum absolute atomic E-state index is 0.173. The monoisotopic (exact) mass is 302 g/mol. The number of carbonyl (C=O) groups excluding carboxylic acids is 2. The zero-order valence-electron chi connectivity index (χ0n) is 13.6. The van der Waals surface area contributed by atoms with E-state index in [-0.39, 0.29) is 11.8 Å². The van der Waals surface area contributed by atoms with E-state index < -0.39 is 0 Å². The van der Waals surface area contributed by atoms with Gasteiger partial charge < -0.3 is 4.74 Å². The predicted molar refractivity (Wildman–Crippen MR) is 89.8 cm³/mol. The third kappa shape index (κ3) is 7.21. The number of benzene rings is 1. The van der Waals surface area contributed by atoms with Gasteiger partial charge in [-0.3, -0.25) is 9.59 Å². The molecular formula is C19H26O3. The highest BCUT2D eigenvalue weighted by Gasteiger charge is 2.05. The maximum absolute atomic E-state index is 12.1. The van der Waals surface area contributed by atoms with Crippen molar-refractivity contribution in [2.24, 2.45) is 0 Å². The molecule has 0 spiro atoms. The van der Waals surface area contributed by atoms with Crippen LogP contribution < -0.4 is 0 Å². The van der Waals surface area contributed by atoms with Crippen molar-refractivity contribution >= 4 is 17.8 Å². The predicted octanol–water partition coefficient (Wildman–Crippen LogP) is 4.81. The Kier molecular flexibility index (Phi) is 8.89. The van der Waals surface area contributed by atoms with Crippen molar-refractivity contribution in [2.75, 3.05) is 7.11 Å². The van der Waals surface area contributed by atoms with Crippen molar-refractivity contribution < 1.29 is 14.3 Å². The Balaban J connectivity index is 2.46. The van der Waals surface area contributed by atoms with Gasteiger partial charge >= 0.3 is 5.97 Å². The van der Waals surface area contributed by atoms with Gasteiger partial charge in [0, 0.05) is 18.4 Å². The van der Waals surface area contributed by atoms with Gasteiger partial charge in [-0.25, -0.2) is 0 Å². The number of ketones is 1. The first-order chi connectivity index (χ1) is 10.7. The summed E-state index contributed by atoms with van der Waals surface area (Å²) >= 11 is 0. The summed E-state index contributed by atoms with van der Waals surface area (Å²) < 4.78 is 4.60. The first-order valence-corrected chi connectivity index (χ1v) is 8.04. The molecule has 0 radical (unpaired) electrons. The number of rotatable bonds is 10. The SMILES string of the molecule is CCCCCC(=O)c1cccc(/C=C\CCCC(=O)OC)c1. The second kappa shape index (κ2) is 10.8. The van der Waals surface area contributed by atoms with Crippen LogP contribution in [0, 0.1) is 0 Å². The number of Topliss-reactive ketones (excluding diaryl/α,β-unsaturated/α-hetero) is 1. The molecule has 0 amide bonds. The second-order valence-corrected chi connectivity index (χ2v) is 5.38. The number of ether oxygens (including phenoxy) is 1. The van der Waals surface area contributed by atoms with E-state index in [9.17, 15) is 9.59 Å². The first kappa shape index (κ1) is 18.1. The average Bonchev–Trinajstić information content (AvgIpc) is 2.54. The summed E-state index contributed by atoms with van der Waals surface area (Å²) in [5.74, 6) is 0.0439. The molecule has 120 valence electrons. The summed E-state index contributed by atoms with van der Waals surface area (Å²) in [5.41, 5.74) is 1.81. The fourth-order valence-corrected chi connectivity index (χ4v) is 2.18. The minimum atomic E-state index is -0.173. The molecule has 1 rings (SSSR count). The number of hydrogen-bond donors (Lipinski definition) is 0. The quantitative estimate of drug-likeness (QED) is 0.354. The highest BCUT2D eigenvalue weighted by molar-refractivity contribution is 5.96. The first-order valence-electron chi connectivity index (χ1n) is 8.04. The van der Waals surface area contributed by atoms with Crippen molar-refractivity contribution in [2.45, 2.75) is 51.9 Å². The van der Waals surface area contributed by atoms with E-state index in [0.717, 1.165) is 43.2 Å². The van der Waals surface area contributed by atoms with E-state index in [4.69, 9.17) is 0 Å². The fourth-order valence-electron chi connectivity index (χ4n) is 2.18. The lowest BCUT2D eigenvalue weighted by molar-refractivity contribution is -0.140. The van der Waals surface area contributed by atoms with E-state index in [1.807, 2.05) is 36.4 Å². The van der Waals surface area contributed by atoms with Gasteiger partial charge in [0.1, 0.15) is 0 Å². The molecule has 0 bridgehead atoms. The van der Waals surface area contributed by atoms with Crippen LogP contribution in [0.1, 0.15) is 67.8 Å². The van der Waals surface area contributed by atoms with Crippen LogP contribution in [0.3, 0.4) is 0 Å². The largest absolute Gasteiger partial charge is 0.469 e. The summed E-state index contributed by atoms with van der Waals surface area (Å²) in [7, 11) is 1.40. The maximum Gasteiger partial charge on any atom is 0.305 e. The summed E-state index contributed by atoms with van der Waals surface area (Å²) in [6.45, 7) is 2.14. The lowest BCUT2D eigenvalue weighted by atomic mass is 10.0. The Morgan fingerprint density at radius 1 is 1.14 bits per heavy atom. The third-order valence-corrected chi connectivity index (χ3v) is 3.51. The Bertz CT molecular complexity index is 503. The van der Waals surface area contributed by atoms with Crippen LogP contribution in [0.15, 0.2) is 30.3 Å². The fraction of sp³-hybridized carbons (Fsp3) is 0.474. The van der Waals surface area contributed by atoms with Gasteiger partial charge in [-0.15, -0.1) is 0 Å². The Morgan fingerprint density at radius 3 is 2.68 bits per heavy atom. The van der Waals surface area contributed by atoms with Crippen molar-refractivity contribution in [3.63, 3.8) is 0 Å². The smallest absolute Gasteiger partial charge is 0.305 e. The molecule has 0 N–H and O–H groups in total. The van der Waals surface area contributed by atoms with Gasteiger partial charge in [-0.05, 0) is 30.9 Å². The van der Waals surface area contributed by atoms with Gasteiger partial charge in [0.15, 0.2) is 5.78 Å². The van der Waals surface area contributed by atoms with Gasteiger partial charge in [0.25, 0.3) is 0 Å². The van der Waals surface area contributed by atoms with Crippen LogP contribution in [0.2, 0.25) is 0 Å². The number of esters is 1. The zero-order chi connectivity index (χ0) is 16.2. The van der Waals surface area contributed by atoms with E-state index in [1.54, 1.807) is 0 Å². The number of unbranched alkanes of at least 4 members (excludes halogenated alkanes) is 3. The van der Waals surface area contributed by atoms with E-state index >= 15 is 0 Å². The molecular weight excluding hydrogens is 276 g/mol. The normalized spacial score (nSPS) is 10.8. The second-order valence-electron chi connectivity index (χ2n) is 5.38. The van der Waals surface area contributed by atoms with Gasteiger partial charge in [-0.2, -0.15) is 0 Å². The Labute approximate surface area is 133 Å². The van der Waals surface area contributed by atoms with E-state index in [0.29, 0.717) is 12.8 Å². The molecule has 3 heteroatoms. The summed E-state index contributed by atoms with van der Waals surface area (Å²) in [5, 5.41) is 0. The van der Waals surface area contributed by atoms with Crippen LogP contribution >= 0.6 is 0 Å². The molecule has 0 unspecified atom stereocenters. The Morgan fingerprint density at radius 2 is 1.95 bits per heavy atom. The van der Waals surface area contributed by atoms with Crippen molar-refractivity contribution in [3.05, 3.63) is 41.5 Å². The molecule has 0 heterocycles. The average molecular weight is 302 g/mol. The van der Waals surface area contributed by atoms with E-state index in [1.165, 1.54) is 7.11 Å². The van der Waals surface area contributed by atoms with Crippen molar-refractivity contribution in [1.82, 2.24) is 0 Å². The van der Waals surface area contributed by atoms with Crippen molar-refractivity contribution in [1.29, 1.82) is 0 Å². The summed E-state index contributed by atoms with van der Waals surface area (Å²) in [6.07, 6.45) is 9.89. The zero-order valence-corrected chi connectivity index (χ0v) is 13.6. The van der Waals surface area contributed by atoms with Crippen LogP contribution in [-0.2, 0) is 9.53 Å². The molecule has 1 aromatic rings. The number of methoxy groups -OCH3 is 1. The molecule has 0 aliphatic heterocycles. The Hall–Kier alpha value is -1.90. The van der Waals surface area contributed by atoms with Crippen LogP contribution in [0.25, 0.3) is 6.08 Å². The molecule has 0 saturated carbocycles. The standard InChI is InChI=1S/C19H26O3/c1-3-4-6-13-18(20)17-12-9-11-16(15-17)10-7-5-8-14-19(21)22-2/h7,9-12,15H,3-6,8,13-14H2,1-2H3/b10-7-. The van der Waals surface area contributed by atoms with Gasteiger partial charge in [0.05, 0.1) is 7.11 Å². The molecule has 0 saturated heterocycles. The van der Waals surface area contributed by atoms with Crippen LogP contribution in [0.4, 0.5) is 0 Å². The topological polar surface area (TPSA) is 43.4 Å². The number of allylic oxidation sites excluding steroid dienone is 1.